The van der Waals surface area contributed by atoms with Gasteiger partial charge < -0.3 is 14.7 Å². The second-order valence-electron chi connectivity index (χ2n) is 4.80. The molecule has 0 spiro atoms. The quantitative estimate of drug-likeness (QED) is 0.668. The molecule has 1 heterocycles. The van der Waals surface area contributed by atoms with Gasteiger partial charge in [-0.05, 0) is 27.2 Å². The highest BCUT2D eigenvalue weighted by molar-refractivity contribution is 5.68. The molecular formula is C10H18FNO3. The fraction of sp³-hybridized carbons (Fsp3) is 0.900. The minimum Gasteiger partial charge on any atom is -0.444 e. The molecule has 0 aromatic rings. The van der Waals surface area contributed by atoms with E-state index in [1.54, 1.807) is 20.8 Å². The molecule has 1 aliphatic heterocycles. The summed E-state index contributed by atoms with van der Waals surface area (Å²) in [6.45, 7) is 5.54. The Morgan fingerprint density at radius 2 is 2.13 bits per heavy atom. The maximum atomic E-state index is 13.1. The molecule has 0 saturated carbocycles. The van der Waals surface area contributed by atoms with E-state index in [0.717, 1.165) is 0 Å². The molecule has 4 nitrogen and oxygen atoms in total. The summed E-state index contributed by atoms with van der Waals surface area (Å²) >= 11 is 0. The van der Waals surface area contributed by atoms with E-state index >= 15 is 0 Å². The largest absolute Gasteiger partial charge is 0.444 e. The van der Waals surface area contributed by atoms with Gasteiger partial charge in [-0.1, -0.05) is 0 Å². The molecule has 2 atom stereocenters. The number of carbonyl (C=O) groups is 1. The van der Waals surface area contributed by atoms with Gasteiger partial charge in [-0.25, -0.2) is 9.18 Å². The minimum absolute atomic E-state index is 0.0872. The van der Waals surface area contributed by atoms with Gasteiger partial charge in [-0.15, -0.1) is 0 Å². The lowest BCUT2D eigenvalue weighted by Gasteiger charge is -2.33. The third-order valence-corrected chi connectivity index (χ3v) is 2.16. The third kappa shape index (κ3) is 3.66. The monoisotopic (exact) mass is 219 g/mol. The van der Waals surface area contributed by atoms with Gasteiger partial charge in [0, 0.05) is 6.54 Å². The average Bonchev–Trinajstić information content (AvgIpc) is 2.06. The molecule has 0 radical (unpaired) electrons. The molecule has 1 N–H and O–H groups in total. The number of likely N-dealkylation sites (tertiary alicyclic amines) is 1. The number of halogens is 1. The highest BCUT2D eigenvalue weighted by atomic mass is 19.1. The first kappa shape index (κ1) is 12.2. The number of hydrogen-bond acceptors (Lipinski definition) is 3. The number of ether oxygens (including phenoxy) is 1. The van der Waals surface area contributed by atoms with Gasteiger partial charge in [0.25, 0.3) is 0 Å². The Kier molecular flexibility index (Phi) is 3.54. The highest BCUT2D eigenvalue weighted by Gasteiger charge is 2.32. The second-order valence-corrected chi connectivity index (χ2v) is 4.80. The highest BCUT2D eigenvalue weighted by Crippen LogP contribution is 2.17. The first-order chi connectivity index (χ1) is 6.79. The van der Waals surface area contributed by atoms with Crippen LogP contribution >= 0.6 is 0 Å². The summed E-state index contributed by atoms with van der Waals surface area (Å²) in [5, 5.41) is 9.16. The number of nitrogens with zero attached hydrogens (tertiary/aromatic N) is 1. The van der Waals surface area contributed by atoms with E-state index in [0.29, 0.717) is 6.54 Å². The van der Waals surface area contributed by atoms with Gasteiger partial charge in [-0.2, -0.15) is 0 Å². The van der Waals surface area contributed by atoms with Crippen molar-refractivity contribution in [1.82, 2.24) is 4.90 Å². The summed E-state index contributed by atoms with van der Waals surface area (Å²) in [7, 11) is 0. The van der Waals surface area contributed by atoms with Crippen LogP contribution in [0.3, 0.4) is 0 Å². The second kappa shape index (κ2) is 4.35. The van der Waals surface area contributed by atoms with Gasteiger partial charge >= 0.3 is 6.09 Å². The zero-order chi connectivity index (χ0) is 11.6. The Bertz CT molecular complexity index is 239. The average molecular weight is 219 g/mol. The summed E-state index contributed by atoms with van der Waals surface area (Å²) in [6, 6.07) is 0. The predicted molar refractivity (Wildman–Crippen MR) is 53.3 cm³/mol. The van der Waals surface area contributed by atoms with Crippen molar-refractivity contribution in [2.24, 2.45) is 0 Å². The third-order valence-electron chi connectivity index (χ3n) is 2.16. The summed E-state index contributed by atoms with van der Waals surface area (Å²) in [5.41, 5.74) is -0.570. The van der Waals surface area contributed by atoms with Gasteiger partial charge in [0.15, 0.2) is 0 Å². The molecule has 1 aliphatic rings. The molecule has 1 saturated heterocycles. The lowest BCUT2D eigenvalue weighted by atomic mass is 10.1. The Labute approximate surface area is 89.0 Å². The number of piperidine rings is 1. The number of aliphatic hydroxyl groups is 1. The van der Waals surface area contributed by atoms with Crippen molar-refractivity contribution in [3.8, 4) is 0 Å². The zero-order valence-corrected chi connectivity index (χ0v) is 9.36. The molecule has 88 valence electrons. The number of amides is 1. The van der Waals surface area contributed by atoms with E-state index in [1.165, 1.54) is 4.90 Å². The maximum Gasteiger partial charge on any atom is 0.410 e. The van der Waals surface area contributed by atoms with Gasteiger partial charge in [0.05, 0.1) is 12.6 Å². The molecule has 0 aromatic heterocycles. The van der Waals surface area contributed by atoms with E-state index < -0.39 is 24.0 Å². The van der Waals surface area contributed by atoms with E-state index in [4.69, 9.17) is 9.84 Å². The van der Waals surface area contributed by atoms with Crippen molar-refractivity contribution in [2.75, 3.05) is 13.1 Å². The van der Waals surface area contributed by atoms with E-state index in [1.807, 2.05) is 0 Å². The fourth-order valence-corrected chi connectivity index (χ4v) is 1.38. The fourth-order valence-electron chi connectivity index (χ4n) is 1.38. The molecule has 1 fully saturated rings. The smallest absolute Gasteiger partial charge is 0.410 e. The van der Waals surface area contributed by atoms with Crippen LogP contribution < -0.4 is 0 Å². The van der Waals surface area contributed by atoms with Crippen LogP contribution in [-0.4, -0.2) is 47.1 Å². The number of alkyl halides is 1. The SMILES string of the molecule is CC(C)(C)OC(=O)N1CCC(O)[C@H](F)C1. The van der Waals surface area contributed by atoms with Crippen LogP contribution in [-0.2, 0) is 4.74 Å². The Hall–Kier alpha value is -0.840. The Morgan fingerprint density at radius 1 is 1.53 bits per heavy atom. The number of carbonyl (C=O) groups excluding carboxylic acids is 1. The molecular weight excluding hydrogens is 201 g/mol. The van der Waals surface area contributed by atoms with E-state index in [2.05, 4.69) is 0 Å². The van der Waals surface area contributed by atoms with E-state index in [9.17, 15) is 9.18 Å². The van der Waals surface area contributed by atoms with Crippen molar-refractivity contribution in [3.05, 3.63) is 0 Å². The molecule has 15 heavy (non-hydrogen) atoms. The lowest BCUT2D eigenvalue weighted by molar-refractivity contribution is -0.0175. The normalized spacial score (nSPS) is 27.7. The van der Waals surface area contributed by atoms with Crippen LogP contribution in [0.1, 0.15) is 27.2 Å². The lowest BCUT2D eigenvalue weighted by Crippen LogP contribution is -2.48. The van der Waals surface area contributed by atoms with Crippen molar-refractivity contribution >= 4 is 6.09 Å². The molecule has 5 heteroatoms. The van der Waals surface area contributed by atoms with Crippen LogP contribution in [0.15, 0.2) is 0 Å². The number of rotatable bonds is 0. The molecule has 0 aromatic carbocycles. The van der Waals surface area contributed by atoms with Crippen molar-refractivity contribution in [2.45, 2.75) is 45.1 Å². The van der Waals surface area contributed by atoms with Gasteiger partial charge in [0.1, 0.15) is 11.8 Å². The standard InChI is InChI=1S/C10H18FNO3/c1-10(2,3)15-9(14)12-5-4-8(13)7(11)6-12/h7-8,13H,4-6H2,1-3H3/t7-,8?/m1/s1. The van der Waals surface area contributed by atoms with Gasteiger partial charge in [-0.3, -0.25) is 0 Å². The Balaban J connectivity index is 2.48. The maximum absolute atomic E-state index is 13.1. The zero-order valence-electron chi connectivity index (χ0n) is 9.36. The summed E-state index contributed by atoms with van der Waals surface area (Å²) in [5.74, 6) is 0. The van der Waals surface area contributed by atoms with Crippen molar-refractivity contribution in [3.63, 3.8) is 0 Å². The molecule has 1 unspecified atom stereocenters. The molecule has 0 aliphatic carbocycles. The van der Waals surface area contributed by atoms with Crippen molar-refractivity contribution < 1.29 is 19.0 Å². The van der Waals surface area contributed by atoms with Crippen LogP contribution in [0, 0.1) is 0 Å². The van der Waals surface area contributed by atoms with Crippen LogP contribution in [0.5, 0.6) is 0 Å². The molecule has 0 bridgehead atoms. The first-order valence-corrected chi connectivity index (χ1v) is 5.09. The minimum atomic E-state index is -1.37. The topological polar surface area (TPSA) is 49.8 Å². The summed E-state index contributed by atoms with van der Waals surface area (Å²) < 4.78 is 18.2. The predicted octanol–water partition coefficient (Wildman–Crippen LogP) is 1.33. The van der Waals surface area contributed by atoms with Crippen LogP contribution in [0.25, 0.3) is 0 Å². The Morgan fingerprint density at radius 3 is 2.60 bits per heavy atom. The first-order valence-electron chi connectivity index (χ1n) is 5.09. The summed E-state index contributed by atoms with van der Waals surface area (Å²) in [4.78, 5) is 12.8. The van der Waals surface area contributed by atoms with Crippen LogP contribution in [0.2, 0.25) is 0 Å². The van der Waals surface area contributed by atoms with Crippen molar-refractivity contribution in [1.29, 1.82) is 0 Å². The molecule has 1 rings (SSSR count). The number of hydrogen-bond donors (Lipinski definition) is 1. The number of aliphatic hydroxyl groups excluding tert-OH is 1. The molecule has 1 amide bonds. The summed E-state index contributed by atoms with van der Waals surface area (Å²) in [6.07, 6.45) is -2.58. The van der Waals surface area contributed by atoms with E-state index in [-0.39, 0.29) is 13.0 Å². The van der Waals surface area contributed by atoms with Crippen LogP contribution in [0.4, 0.5) is 9.18 Å². The van der Waals surface area contributed by atoms with Gasteiger partial charge in [0.2, 0.25) is 0 Å².